The van der Waals surface area contributed by atoms with Crippen LogP contribution in [0.1, 0.15) is 11.1 Å². The van der Waals surface area contributed by atoms with E-state index in [1.54, 1.807) is 7.11 Å². The molecule has 0 aliphatic heterocycles. The van der Waals surface area contributed by atoms with E-state index in [4.69, 9.17) is 9.47 Å². The molecule has 0 aliphatic rings. The Bertz CT molecular complexity index is 867. The highest BCUT2D eigenvalue weighted by atomic mass is 79.9. The SMILES string of the molecule is COc1ccc(/C=C/COc2c(Br)cc3ccccc3c2C)cc1. The van der Waals surface area contributed by atoms with E-state index in [1.165, 1.54) is 10.8 Å². The van der Waals surface area contributed by atoms with Crippen LogP contribution in [-0.4, -0.2) is 13.7 Å². The first-order chi connectivity index (χ1) is 11.7. The highest BCUT2D eigenvalue weighted by Crippen LogP contribution is 2.35. The first-order valence-electron chi connectivity index (χ1n) is 7.80. The van der Waals surface area contributed by atoms with Crippen molar-refractivity contribution in [1.29, 1.82) is 0 Å². The van der Waals surface area contributed by atoms with E-state index in [-0.39, 0.29) is 0 Å². The van der Waals surface area contributed by atoms with Gasteiger partial charge in [0.05, 0.1) is 11.6 Å². The van der Waals surface area contributed by atoms with E-state index in [9.17, 15) is 0 Å². The second-order valence-electron chi connectivity index (χ2n) is 5.52. The third kappa shape index (κ3) is 3.62. The lowest BCUT2D eigenvalue weighted by Gasteiger charge is -2.12. The van der Waals surface area contributed by atoms with Crippen LogP contribution in [0.2, 0.25) is 0 Å². The number of rotatable bonds is 5. The standard InChI is InChI=1S/C21H19BrO2/c1-15-19-8-4-3-7-17(19)14-20(22)21(15)24-13-5-6-16-9-11-18(23-2)12-10-16/h3-12,14H,13H2,1-2H3/b6-5+. The number of ether oxygens (including phenoxy) is 2. The fourth-order valence-electron chi connectivity index (χ4n) is 2.68. The maximum absolute atomic E-state index is 5.98. The summed E-state index contributed by atoms with van der Waals surface area (Å²) >= 11 is 3.62. The fourth-order valence-corrected chi connectivity index (χ4v) is 3.33. The molecule has 0 saturated carbocycles. The number of methoxy groups -OCH3 is 1. The molecule has 0 heterocycles. The summed E-state index contributed by atoms with van der Waals surface area (Å²) in [6, 6.07) is 18.4. The molecule has 3 aromatic rings. The molecule has 0 amide bonds. The predicted octanol–water partition coefficient (Wildman–Crippen LogP) is 6.01. The molecular weight excluding hydrogens is 364 g/mol. The van der Waals surface area contributed by atoms with Gasteiger partial charge in [0.25, 0.3) is 0 Å². The fraction of sp³-hybridized carbons (Fsp3) is 0.143. The number of hydrogen-bond donors (Lipinski definition) is 0. The molecule has 122 valence electrons. The van der Waals surface area contributed by atoms with Crippen LogP contribution in [0.15, 0.2) is 65.1 Å². The average molecular weight is 383 g/mol. The van der Waals surface area contributed by atoms with E-state index in [0.29, 0.717) is 6.61 Å². The van der Waals surface area contributed by atoms with Crippen molar-refractivity contribution in [2.24, 2.45) is 0 Å². The Morgan fingerprint density at radius 2 is 1.79 bits per heavy atom. The molecule has 0 spiro atoms. The van der Waals surface area contributed by atoms with E-state index >= 15 is 0 Å². The van der Waals surface area contributed by atoms with Crippen LogP contribution in [0, 0.1) is 6.92 Å². The molecule has 0 fully saturated rings. The first kappa shape index (κ1) is 16.6. The minimum absolute atomic E-state index is 0.518. The van der Waals surface area contributed by atoms with Gasteiger partial charge in [0.1, 0.15) is 18.1 Å². The normalized spacial score (nSPS) is 11.1. The van der Waals surface area contributed by atoms with Crippen molar-refractivity contribution >= 4 is 32.8 Å². The van der Waals surface area contributed by atoms with Gasteiger partial charge in [0.2, 0.25) is 0 Å². The zero-order chi connectivity index (χ0) is 16.9. The first-order valence-corrected chi connectivity index (χ1v) is 8.59. The highest BCUT2D eigenvalue weighted by molar-refractivity contribution is 9.10. The van der Waals surface area contributed by atoms with Gasteiger partial charge in [0.15, 0.2) is 0 Å². The summed E-state index contributed by atoms with van der Waals surface area (Å²) in [5.41, 5.74) is 2.27. The predicted molar refractivity (Wildman–Crippen MR) is 104 cm³/mol. The minimum Gasteiger partial charge on any atom is -0.497 e. The minimum atomic E-state index is 0.518. The number of benzene rings is 3. The molecule has 2 nitrogen and oxygen atoms in total. The molecule has 0 radical (unpaired) electrons. The lowest BCUT2D eigenvalue weighted by molar-refractivity contribution is 0.359. The van der Waals surface area contributed by atoms with Gasteiger partial charge >= 0.3 is 0 Å². The van der Waals surface area contributed by atoms with Gasteiger partial charge in [-0.05, 0) is 63.5 Å². The van der Waals surface area contributed by atoms with Crippen LogP contribution in [0.5, 0.6) is 11.5 Å². The van der Waals surface area contributed by atoms with Crippen LogP contribution in [0.25, 0.3) is 16.8 Å². The topological polar surface area (TPSA) is 18.5 Å². The Labute approximate surface area is 150 Å². The molecule has 0 unspecified atom stereocenters. The van der Waals surface area contributed by atoms with Crippen molar-refractivity contribution in [3.63, 3.8) is 0 Å². The molecule has 3 rings (SSSR count). The molecule has 0 saturated heterocycles. The van der Waals surface area contributed by atoms with Crippen LogP contribution >= 0.6 is 15.9 Å². The zero-order valence-corrected chi connectivity index (χ0v) is 15.3. The largest absolute Gasteiger partial charge is 0.497 e. The maximum atomic E-state index is 5.98. The molecule has 24 heavy (non-hydrogen) atoms. The van der Waals surface area contributed by atoms with Gasteiger partial charge in [-0.1, -0.05) is 42.5 Å². The van der Waals surface area contributed by atoms with Crippen molar-refractivity contribution in [2.45, 2.75) is 6.92 Å². The number of hydrogen-bond acceptors (Lipinski definition) is 2. The Morgan fingerprint density at radius 1 is 1.04 bits per heavy atom. The Hall–Kier alpha value is -2.26. The molecule has 0 aliphatic carbocycles. The Balaban J connectivity index is 1.72. The van der Waals surface area contributed by atoms with E-state index in [1.807, 2.05) is 42.5 Å². The van der Waals surface area contributed by atoms with Crippen LogP contribution in [0.4, 0.5) is 0 Å². The van der Waals surface area contributed by atoms with Crippen molar-refractivity contribution in [3.8, 4) is 11.5 Å². The average Bonchev–Trinajstić information content (AvgIpc) is 2.61. The molecule has 0 bridgehead atoms. The number of fused-ring (bicyclic) bond motifs is 1. The molecule has 3 aromatic carbocycles. The third-order valence-electron chi connectivity index (χ3n) is 3.95. The zero-order valence-electron chi connectivity index (χ0n) is 13.8. The number of halogens is 1. The summed E-state index contributed by atoms with van der Waals surface area (Å²) in [7, 11) is 1.67. The van der Waals surface area contributed by atoms with Gasteiger partial charge in [-0.15, -0.1) is 0 Å². The molecule has 0 atom stereocenters. The monoisotopic (exact) mass is 382 g/mol. The quantitative estimate of drug-likeness (QED) is 0.537. The van der Waals surface area contributed by atoms with Crippen molar-refractivity contribution in [2.75, 3.05) is 13.7 Å². The summed E-state index contributed by atoms with van der Waals surface area (Å²) < 4.78 is 12.1. The van der Waals surface area contributed by atoms with Gasteiger partial charge < -0.3 is 9.47 Å². The lowest BCUT2D eigenvalue weighted by atomic mass is 10.0. The van der Waals surface area contributed by atoms with Crippen molar-refractivity contribution in [3.05, 3.63) is 76.3 Å². The van der Waals surface area contributed by atoms with Gasteiger partial charge in [-0.2, -0.15) is 0 Å². The summed E-state index contributed by atoms with van der Waals surface area (Å²) in [4.78, 5) is 0. The van der Waals surface area contributed by atoms with Gasteiger partial charge in [-0.3, -0.25) is 0 Å². The van der Waals surface area contributed by atoms with Gasteiger partial charge in [0, 0.05) is 5.56 Å². The Morgan fingerprint density at radius 3 is 2.54 bits per heavy atom. The van der Waals surface area contributed by atoms with E-state index in [2.05, 4.69) is 47.1 Å². The van der Waals surface area contributed by atoms with Crippen LogP contribution in [0.3, 0.4) is 0 Å². The van der Waals surface area contributed by atoms with Gasteiger partial charge in [-0.25, -0.2) is 0 Å². The third-order valence-corrected chi connectivity index (χ3v) is 4.54. The smallest absolute Gasteiger partial charge is 0.137 e. The molecule has 3 heteroatoms. The van der Waals surface area contributed by atoms with Crippen LogP contribution in [-0.2, 0) is 0 Å². The second-order valence-corrected chi connectivity index (χ2v) is 6.37. The maximum Gasteiger partial charge on any atom is 0.137 e. The summed E-state index contributed by atoms with van der Waals surface area (Å²) in [6.45, 7) is 2.61. The van der Waals surface area contributed by atoms with Crippen LogP contribution < -0.4 is 9.47 Å². The number of aryl methyl sites for hydroxylation is 1. The summed E-state index contributed by atoms with van der Waals surface area (Å²) in [5, 5.41) is 2.43. The molecular formula is C21H19BrO2. The summed E-state index contributed by atoms with van der Waals surface area (Å²) in [6.07, 6.45) is 4.06. The lowest BCUT2D eigenvalue weighted by Crippen LogP contribution is -1.97. The van der Waals surface area contributed by atoms with Crippen molar-refractivity contribution in [1.82, 2.24) is 0 Å². The van der Waals surface area contributed by atoms with E-state index < -0.39 is 0 Å². The summed E-state index contributed by atoms with van der Waals surface area (Å²) in [5.74, 6) is 1.76. The Kier molecular flexibility index (Phi) is 5.21. The molecule has 0 N–H and O–H groups in total. The second kappa shape index (κ2) is 7.54. The van der Waals surface area contributed by atoms with E-state index in [0.717, 1.165) is 27.1 Å². The van der Waals surface area contributed by atoms with Crippen molar-refractivity contribution < 1.29 is 9.47 Å². The highest BCUT2D eigenvalue weighted by Gasteiger charge is 2.09. The molecule has 0 aromatic heterocycles.